The fourth-order valence-electron chi connectivity index (χ4n) is 1.10. The fourth-order valence-corrected chi connectivity index (χ4v) is 1.10. The Morgan fingerprint density at radius 2 is 2.23 bits per heavy atom. The lowest BCUT2D eigenvalue weighted by atomic mass is 10.2. The zero-order chi connectivity index (χ0) is 9.52. The van der Waals surface area contributed by atoms with Crippen LogP contribution in [-0.2, 0) is 6.54 Å². The van der Waals surface area contributed by atoms with Crippen molar-refractivity contribution in [3.63, 3.8) is 0 Å². The molecule has 0 fully saturated rings. The van der Waals surface area contributed by atoms with Gasteiger partial charge in [0, 0.05) is 6.54 Å². The Labute approximate surface area is 79.7 Å². The summed E-state index contributed by atoms with van der Waals surface area (Å²) in [5, 5.41) is 0. The molecule has 0 heterocycles. The van der Waals surface area contributed by atoms with Crippen LogP contribution in [-0.4, -0.2) is 6.61 Å². The van der Waals surface area contributed by atoms with Gasteiger partial charge in [-0.3, -0.25) is 0 Å². The first kappa shape index (κ1) is 10.1. The van der Waals surface area contributed by atoms with E-state index in [0.717, 1.165) is 30.8 Å². The van der Waals surface area contributed by atoms with Gasteiger partial charge in [0.15, 0.2) is 0 Å². The van der Waals surface area contributed by atoms with Crippen molar-refractivity contribution in [2.24, 2.45) is 5.73 Å². The van der Waals surface area contributed by atoms with Crippen molar-refractivity contribution in [1.29, 1.82) is 0 Å². The summed E-state index contributed by atoms with van der Waals surface area (Å²) in [5.41, 5.74) is 6.64. The lowest BCUT2D eigenvalue weighted by Crippen LogP contribution is -1.99. The third-order valence-corrected chi connectivity index (χ3v) is 1.90. The summed E-state index contributed by atoms with van der Waals surface area (Å²) in [5.74, 6) is 0.927. The quantitative estimate of drug-likeness (QED) is 0.704. The Kier molecular flexibility index (Phi) is 4.33. The molecule has 0 spiro atoms. The molecule has 0 unspecified atom stereocenters. The predicted molar refractivity (Wildman–Crippen MR) is 54.7 cm³/mol. The normalized spacial score (nSPS) is 10.0. The third kappa shape index (κ3) is 3.47. The average Bonchev–Trinajstić information content (AvgIpc) is 2.19. The second-order valence-corrected chi connectivity index (χ2v) is 3.05. The second-order valence-electron chi connectivity index (χ2n) is 3.05. The highest BCUT2D eigenvalue weighted by Gasteiger charge is 1.94. The van der Waals surface area contributed by atoms with Crippen LogP contribution < -0.4 is 10.5 Å². The molecule has 2 nitrogen and oxygen atoms in total. The third-order valence-electron chi connectivity index (χ3n) is 1.90. The van der Waals surface area contributed by atoms with Gasteiger partial charge in [0.25, 0.3) is 0 Å². The van der Waals surface area contributed by atoms with E-state index in [2.05, 4.69) is 6.92 Å². The van der Waals surface area contributed by atoms with Crippen LogP contribution in [0, 0.1) is 0 Å². The first-order valence-corrected chi connectivity index (χ1v) is 4.78. The minimum atomic E-state index is 0.574. The van der Waals surface area contributed by atoms with Crippen LogP contribution in [0.5, 0.6) is 5.75 Å². The van der Waals surface area contributed by atoms with E-state index in [0.29, 0.717) is 6.54 Å². The number of benzene rings is 1. The molecule has 2 N–H and O–H groups in total. The summed E-state index contributed by atoms with van der Waals surface area (Å²) in [6, 6.07) is 7.95. The number of hydrogen-bond donors (Lipinski definition) is 1. The molecular weight excluding hydrogens is 162 g/mol. The van der Waals surface area contributed by atoms with Gasteiger partial charge in [-0.05, 0) is 24.1 Å². The molecule has 0 aliphatic carbocycles. The first-order valence-electron chi connectivity index (χ1n) is 4.78. The summed E-state index contributed by atoms with van der Waals surface area (Å²) in [7, 11) is 0. The average molecular weight is 179 g/mol. The van der Waals surface area contributed by atoms with Gasteiger partial charge in [0.05, 0.1) is 6.61 Å². The molecule has 1 rings (SSSR count). The first-order chi connectivity index (χ1) is 6.36. The van der Waals surface area contributed by atoms with Gasteiger partial charge in [-0.1, -0.05) is 25.5 Å². The maximum Gasteiger partial charge on any atom is 0.119 e. The Balaban J connectivity index is 2.46. The topological polar surface area (TPSA) is 35.2 Å². The van der Waals surface area contributed by atoms with Crippen molar-refractivity contribution in [2.75, 3.05) is 6.61 Å². The zero-order valence-corrected chi connectivity index (χ0v) is 8.12. The summed E-state index contributed by atoms with van der Waals surface area (Å²) in [6.07, 6.45) is 2.27. The maximum atomic E-state index is 5.53. The molecule has 0 amide bonds. The molecule has 0 saturated carbocycles. The fraction of sp³-hybridized carbons (Fsp3) is 0.455. The summed E-state index contributed by atoms with van der Waals surface area (Å²) < 4.78 is 5.53. The van der Waals surface area contributed by atoms with Crippen molar-refractivity contribution < 1.29 is 4.74 Å². The highest BCUT2D eigenvalue weighted by molar-refractivity contribution is 5.28. The van der Waals surface area contributed by atoms with E-state index >= 15 is 0 Å². The van der Waals surface area contributed by atoms with Crippen LogP contribution in [0.3, 0.4) is 0 Å². The van der Waals surface area contributed by atoms with Crippen LogP contribution >= 0.6 is 0 Å². The molecule has 0 saturated heterocycles. The molecule has 1 aromatic carbocycles. The van der Waals surface area contributed by atoms with E-state index < -0.39 is 0 Å². The summed E-state index contributed by atoms with van der Waals surface area (Å²) >= 11 is 0. The van der Waals surface area contributed by atoms with E-state index in [-0.39, 0.29) is 0 Å². The van der Waals surface area contributed by atoms with E-state index in [4.69, 9.17) is 10.5 Å². The number of unbranched alkanes of at least 4 members (excludes halogenated alkanes) is 1. The van der Waals surface area contributed by atoms with Crippen LogP contribution in [0.2, 0.25) is 0 Å². The maximum absolute atomic E-state index is 5.53. The van der Waals surface area contributed by atoms with Crippen molar-refractivity contribution >= 4 is 0 Å². The molecule has 0 radical (unpaired) electrons. The Hall–Kier alpha value is -1.02. The second kappa shape index (κ2) is 5.60. The lowest BCUT2D eigenvalue weighted by Gasteiger charge is -2.05. The lowest BCUT2D eigenvalue weighted by molar-refractivity contribution is 0.309. The van der Waals surface area contributed by atoms with Crippen molar-refractivity contribution in [2.45, 2.75) is 26.3 Å². The Morgan fingerprint density at radius 3 is 2.92 bits per heavy atom. The number of nitrogens with two attached hydrogens (primary N) is 1. The largest absolute Gasteiger partial charge is 0.494 e. The molecule has 1 aromatic rings. The Bertz CT molecular complexity index is 248. The minimum absolute atomic E-state index is 0.574. The van der Waals surface area contributed by atoms with Crippen LogP contribution in [0.4, 0.5) is 0 Å². The van der Waals surface area contributed by atoms with Gasteiger partial charge in [0.1, 0.15) is 5.75 Å². The van der Waals surface area contributed by atoms with Gasteiger partial charge in [0.2, 0.25) is 0 Å². The van der Waals surface area contributed by atoms with Gasteiger partial charge in [-0.15, -0.1) is 0 Å². The van der Waals surface area contributed by atoms with Crippen LogP contribution in [0.1, 0.15) is 25.3 Å². The molecule has 0 bridgehead atoms. The van der Waals surface area contributed by atoms with Gasteiger partial charge in [-0.2, -0.15) is 0 Å². The smallest absolute Gasteiger partial charge is 0.119 e. The molecular formula is C11H17NO. The molecule has 0 aliphatic heterocycles. The van der Waals surface area contributed by atoms with E-state index in [1.807, 2.05) is 24.3 Å². The van der Waals surface area contributed by atoms with Crippen LogP contribution in [0.25, 0.3) is 0 Å². The standard InChI is InChI=1S/C11H17NO/c1-2-3-7-13-11-6-4-5-10(8-11)9-12/h4-6,8H,2-3,7,9,12H2,1H3. The molecule has 72 valence electrons. The zero-order valence-electron chi connectivity index (χ0n) is 8.12. The van der Waals surface area contributed by atoms with E-state index in [9.17, 15) is 0 Å². The van der Waals surface area contributed by atoms with Crippen molar-refractivity contribution in [3.8, 4) is 5.75 Å². The molecule has 2 heteroatoms. The van der Waals surface area contributed by atoms with E-state index in [1.165, 1.54) is 0 Å². The van der Waals surface area contributed by atoms with Crippen molar-refractivity contribution in [3.05, 3.63) is 29.8 Å². The van der Waals surface area contributed by atoms with Gasteiger partial charge in [-0.25, -0.2) is 0 Å². The van der Waals surface area contributed by atoms with Gasteiger partial charge >= 0.3 is 0 Å². The van der Waals surface area contributed by atoms with E-state index in [1.54, 1.807) is 0 Å². The SMILES string of the molecule is CCCCOc1cccc(CN)c1. The number of ether oxygens (including phenoxy) is 1. The predicted octanol–water partition coefficient (Wildman–Crippen LogP) is 2.32. The van der Waals surface area contributed by atoms with Gasteiger partial charge < -0.3 is 10.5 Å². The summed E-state index contributed by atoms with van der Waals surface area (Å²) in [4.78, 5) is 0. The highest BCUT2D eigenvalue weighted by Crippen LogP contribution is 2.13. The summed E-state index contributed by atoms with van der Waals surface area (Å²) in [6.45, 7) is 3.52. The Morgan fingerprint density at radius 1 is 1.38 bits per heavy atom. The number of rotatable bonds is 5. The molecule has 0 aliphatic rings. The van der Waals surface area contributed by atoms with Crippen LogP contribution in [0.15, 0.2) is 24.3 Å². The number of hydrogen-bond acceptors (Lipinski definition) is 2. The monoisotopic (exact) mass is 179 g/mol. The molecule has 0 aromatic heterocycles. The minimum Gasteiger partial charge on any atom is -0.494 e. The highest BCUT2D eigenvalue weighted by atomic mass is 16.5. The molecule has 13 heavy (non-hydrogen) atoms. The van der Waals surface area contributed by atoms with Crippen molar-refractivity contribution in [1.82, 2.24) is 0 Å². The molecule has 0 atom stereocenters.